The molecule has 0 amide bonds. The second-order valence-corrected chi connectivity index (χ2v) is 3.38. The molecule has 0 aliphatic carbocycles. The van der Waals surface area contributed by atoms with Gasteiger partial charge in [0.05, 0.1) is 11.4 Å². The fraction of sp³-hybridized carbons (Fsp3) is 0.200. The van der Waals surface area contributed by atoms with E-state index in [-0.39, 0.29) is 0 Å². The standard InChI is InChI=1S/C10H14N4O2/c1-13-14-9(10(15)16)5-6-2-3-7(11)8(12)4-6/h2-4,9,14H,1,5,11-12H2,(H,15,16)/p+1. The summed E-state index contributed by atoms with van der Waals surface area (Å²) >= 11 is 0. The average molecular weight is 223 g/mol. The van der Waals surface area contributed by atoms with Crippen LogP contribution in [0.4, 0.5) is 11.4 Å². The van der Waals surface area contributed by atoms with Crippen LogP contribution in [0.3, 0.4) is 0 Å². The van der Waals surface area contributed by atoms with Gasteiger partial charge in [0.15, 0.2) is 12.8 Å². The second kappa shape index (κ2) is 5.01. The van der Waals surface area contributed by atoms with Crippen molar-refractivity contribution in [1.29, 1.82) is 0 Å². The first-order valence-electron chi connectivity index (χ1n) is 4.69. The van der Waals surface area contributed by atoms with E-state index in [1.165, 1.54) is 0 Å². The zero-order valence-corrected chi connectivity index (χ0v) is 8.73. The Bertz CT molecular complexity index is 406. The molecule has 0 heterocycles. The van der Waals surface area contributed by atoms with E-state index >= 15 is 0 Å². The number of hydrogen-bond acceptors (Lipinski definition) is 4. The quantitative estimate of drug-likeness (QED) is 0.228. The van der Waals surface area contributed by atoms with Crippen LogP contribution in [0.5, 0.6) is 0 Å². The molecule has 0 bridgehead atoms. The summed E-state index contributed by atoms with van der Waals surface area (Å²) in [5, 5.41) is 11.3. The topological polar surface area (TPSA) is 115 Å². The van der Waals surface area contributed by atoms with Crippen molar-refractivity contribution in [2.24, 2.45) is 0 Å². The van der Waals surface area contributed by atoms with Crippen molar-refractivity contribution in [2.75, 3.05) is 11.5 Å². The Kier molecular flexibility index (Phi) is 3.71. The maximum atomic E-state index is 10.9. The van der Waals surface area contributed by atoms with E-state index in [1.54, 1.807) is 18.2 Å². The highest BCUT2D eigenvalue weighted by atomic mass is 16.4. The molecule has 1 aromatic rings. The number of anilines is 2. The van der Waals surface area contributed by atoms with E-state index in [9.17, 15) is 4.79 Å². The van der Waals surface area contributed by atoms with Gasteiger partial charge < -0.3 is 16.6 Å². The van der Waals surface area contributed by atoms with Crippen LogP contribution in [0.2, 0.25) is 0 Å². The molecule has 0 aliphatic rings. The van der Waals surface area contributed by atoms with Crippen LogP contribution in [0.15, 0.2) is 18.2 Å². The van der Waals surface area contributed by atoms with E-state index in [4.69, 9.17) is 16.6 Å². The zero-order chi connectivity index (χ0) is 12.1. The molecule has 6 heteroatoms. The Labute approximate surface area is 92.9 Å². The van der Waals surface area contributed by atoms with Crippen molar-refractivity contribution in [3.8, 4) is 0 Å². The molecule has 1 aromatic carbocycles. The highest BCUT2D eigenvalue weighted by Gasteiger charge is 2.19. The van der Waals surface area contributed by atoms with E-state index in [0.29, 0.717) is 17.8 Å². The van der Waals surface area contributed by atoms with Gasteiger partial charge in [-0.25, -0.2) is 4.79 Å². The van der Waals surface area contributed by atoms with E-state index in [0.717, 1.165) is 5.56 Å². The fourth-order valence-corrected chi connectivity index (χ4v) is 1.31. The third-order valence-corrected chi connectivity index (χ3v) is 2.17. The minimum Gasteiger partial charge on any atom is -0.480 e. The maximum Gasteiger partial charge on any atom is 0.332 e. The first kappa shape index (κ1) is 11.8. The first-order chi connectivity index (χ1) is 7.54. The van der Waals surface area contributed by atoms with Crippen LogP contribution in [-0.4, -0.2) is 23.8 Å². The number of carboxylic acid groups (broad SMARTS) is 1. The molecule has 0 saturated carbocycles. The molecule has 7 N–H and O–H groups in total. The lowest BCUT2D eigenvalue weighted by Gasteiger charge is -2.09. The molecule has 86 valence electrons. The SMILES string of the molecule is C=[NH+]NC(Cc1ccc(N)c(N)c1)C(=O)O. The summed E-state index contributed by atoms with van der Waals surface area (Å²) in [4.78, 5) is 10.9. The molecule has 0 spiro atoms. The predicted octanol–water partition coefficient (Wildman–Crippen LogP) is -1.87. The largest absolute Gasteiger partial charge is 0.480 e. The smallest absolute Gasteiger partial charge is 0.332 e. The predicted molar refractivity (Wildman–Crippen MR) is 61.6 cm³/mol. The Morgan fingerprint density at radius 1 is 1.50 bits per heavy atom. The van der Waals surface area contributed by atoms with Crippen molar-refractivity contribution < 1.29 is 15.0 Å². The van der Waals surface area contributed by atoms with Gasteiger partial charge in [-0.05, 0) is 17.7 Å². The number of carboxylic acids is 1. The summed E-state index contributed by atoms with van der Waals surface area (Å²) < 4.78 is 0. The number of carbonyl (C=O) groups is 1. The van der Waals surface area contributed by atoms with Crippen LogP contribution >= 0.6 is 0 Å². The molecule has 0 aliphatic heterocycles. The third-order valence-electron chi connectivity index (χ3n) is 2.17. The summed E-state index contributed by atoms with van der Waals surface area (Å²) in [6.45, 7) is 3.31. The van der Waals surface area contributed by atoms with Gasteiger partial charge in [0.2, 0.25) is 0 Å². The summed E-state index contributed by atoms with van der Waals surface area (Å²) in [5.74, 6) is -0.966. The number of hydrazine groups is 1. The Balaban J connectivity index is 2.81. The van der Waals surface area contributed by atoms with Gasteiger partial charge in [0, 0.05) is 6.42 Å². The highest BCUT2D eigenvalue weighted by molar-refractivity contribution is 5.74. The van der Waals surface area contributed by atoms with Gasteiger partial charge in [0.25, 0.3) is 0 Å². The van der Waals surface area contributed by atoms with Gasteiger partial charge in [-0.15, -0.1) is 5.10 Å². The van der Waals surface area contributed by atoms with E-state index < -0.39 is 12.0 Å². The van der Waals surface area contributed by atoms with Crippen molar-refractivity contribution in [1.82, 2.24) is 5.43 Å². The molecule has 0 fully saturated rings. The number of nitrogens with two attached hydrogens (primary N) is 2. The lowest BCUT2D eigenvalue weighted by atomic mass is 10.1. The minimum atomic E-state index is -0.966. The van der Waals surface area contributed by atoms with Gasteiger partial charge in [-0.2, -0.15) is 5.43 Å². The zero-order valence-electron chi connectivity index (χ0n) is 8.73. The van der Waals surface area contributed by atoms with Gasteiger partial charge in [-0.3, -0.25) is 0 Å². The Morgan fingerprint density at radius 2 is 2.19 bits per heavy atom. The van der Waals surface area contributed by atoms with Crippen molar-refractivity contribution >= 4 is 24.1 Å². The minimum absolute atomic E-state index is 0.294. The number of hydrogen-bond donors (Lipinski definition) is 5. The molecular weight excluding hydrogens is 208 g/mol. The normalized spacial score (nSPS) is 11.8. The Hall–Kier alpha value is -2.24. The van der Waals surface area contributed by atoms with Crippen molar-refractivity contribution in [2.45, 2.75) is 12.5 Å². The van der Waals surface area contributed by atoms with Gasteiger partial charge in [-0.1, -0.05) is 6.07 Å². The van der Waals surface area contributed by atoms with Crippen molar-refractivity contribution in [3.63, 3.8) is 0 Å². The number of nitrogen functional groups attached to an aromatic ring is 2. The van der Waals surface area contributed by atoms with Gasteiger partial charge in [0.1, 0.15) is 0 Å². The molecule has 0 aromatic heterocycles. The number of benzene rings is 1. The number of hydrazone groups is 1. The lowest BCUT2D eigenvalue weighted by molar-refractivity contribution is -0.522. The highest BCUT2D eigenvalue weighted by Crippen LogP contribution is 2.16. The lowest BCUT2D eigenvalue weighted by Crippen LogP contribution is -2.81. The third kappa shape index (κ3) is 2.88. The molecule has 1 rings (SSSR count). The van der Waals surface area contributed by atoms with Crippen LogP contribution < -0.4 is 22.0 Å². The van der Waals surface area contributed by atoms with Crippen LogP contribution in [0.25, 0.3) is 0 Å². The summed E-state index contributed by atoms with van der Waals surface area (Å²) in [5.41, 5.74) is 15.4. The van der Waals surface area contributed by atoms with Gasteiger partial charge >= 0.3 is 5.97 Å². The maximum absolute atomic E-state index is 10.9. The van der Waals surface area contributed by atoms with Crippen LogP contribution in [0, 0.1) is 0 Å². The van der Waals surface area contributed by atoms with Crippen LogP contribution in [0.1, 0.15) is 5.56 Å². The first-order valence-corrected chi connectivity index (χ1v) is 4.69. The molecule has 16 heavy (non-hydrogen) atoms. The summed E-state index contributed by atoms with van der Waals surface area (Å²) in [7, 11) is 0. The molecular formula is C10H15N4O2+. The molecule has 0 saturated heterocycles. The second-order valence-electron chi connectivity index (χ2n) is 3.38. The van der Waals surface area contributed by atoms with Crippen molar-refractivity contribution in [3.05, 3.63) is 23.8 Å². The molecule has 0 radical (unpaired) electrons. The molecule has 1 atom stereocenters. The number of nitrogens with one attached hydrogen (secondary N) is 2. The monoisotopic (exact) mass is 223 g/mol. The molecule has 6 nitrogen and oxygen atoms in total. The fourth-order valence-electron chi connectivity index (χ4n) is 1.31. The van der Waals surface area contributed by atoms with E-state index in [1.807, 2.05) is 0 Å². The Morgan fingerprint density at radius 3 is 2.69 bits per heavy atom. The number of aliphatic carboxylic acids is 1. The molecule has 1 unspecified atom stereocenters. The van der Waals surface area contributed by atoms with E-state index in [2.05, 4.69) is 17.2 Å². The summed E-state index contributed by atoms with van der Waals surface area (Å²) in [6.07, 6.45) is 0.294. The number of rotatable bonds is 5. The summed E-state index contributed by atoms with van der Waals surface area (Å²) in [6, 6.07) is 4.30. The average Bonchev–Trinajstić information content (AvgIpc) is 2.22. The van der Waals surface area contributed by atoms with Crippen LogP contribution in [-0.2, 0) is 11.2 Å².